The minimum absolute atomic E-state index is 0.000930. The molecule has 0 radical (unpaired) electrons. The van der Waals surface area contributed by atoms with E-state index in [1.807, 2.05) is 31.2 Å². The van der Waals surface area contributed by atoms with Crippen molar-refractivity contribution in [1.29, 1.82) is 5.41 Å². The molecule has 3 N–H and O–H groups in total. The molecule has 0 atom stereocenters. The summed E-state index contributed by atoms with van der Waals surface area (Å²) in [6, 6.07) is 13.0. The molecule has 0 unspecified atom stereocenters. The van der Waals surface area contributed by atoms with Crippen LogP contribution < -0.4 is 15.4 Å². The first-order valence-corrected chi connectivity index (χ1v) is 8.73. The zero-order valence-electron chi connectivity index (χ0n) is 15.4. The Labute approximate surface area is 165 Å². The Morgan fingerprint density at radius 3 is 2.52 bits per heavy atom. The van der Waals surface area contributed by atoms with Crippen molar-refractivity contribution in [3.05, 3.63) is 65.9 Å². The van der Waals surface area contributed by atoms with Crippen LogP contribution in [-0.4, -0.2) is 24.4 Å². The predicted molar refractivity (Wildman–Crippen MR) is 108 cm³/mol. The third-order valence-corrected chi connectivity index (χ3v) is 4.00. The van der Waals surface area contributed by atoms with Crippen molar-refractivity contribution >= 4 is 29.4 Å². The van der Waals surface area contributed by atoms with Gasteiger partial charge in [0, 0.05) is 17.6 Å². The number of ether oxygens (including phenoxy) is 1. The molecule has 0 amide bonds. The van der Waals surface area contributed by atoms with E-state index in [1.165, 1.54) is 30.6 Å². The highest BCUT2D eigenvalue weighted by molar-refractivity contribution is 6.30. The average molecular weight is 401 g/mol. The van der Waals surface area contributed by atoms with Crippen molar-refractivity contribution in [2.24, 2.45) is 9.98 Å². The normalized spacial score (nSPS) is 15.2. The lowest BCUT2D eigenvalue weighted by atomic mass is 10.1. The van der Waals surface area contributed by atoms with Crippen molar-refractivity contribution in [1.82, 2.24) is 0 Å². The number of para-hydroxylation sites is 1. The molecule has 6 nitrogen and oxygen atoms in total. The lowest BCUT2D eigenvalue weighted by molar-refractivity contribution is -0.274. The molecule has 1 aliphatic rings. The quantitative estimate of drug-likeness (QED) is 0.661. The van der Waals surface area contributed by atoms with E-state index in [2.05, 4.69) is 25.4 Å². The third-order valence-electron chi connectivity index (χ3n) is 4.00. The fraction of sp³-hybridized carbons (Fsp3) is 0.150. The van der Waals surface area contributed by atoms with Crippen LogP contribution in [0.2, 0.25) is 0 Å². The van der Waals surface area contributed by atoms with Crippen LogP contribution in [0.4, 0.5) is 24.5 Å². The van der Waals surface area contributed by atoms with Gasteiger partial charge in [-0.1, -0.05) is 25.1 Å². The van der Waals surface area contributed by atoms with Gasteiger partial charge in [0.25, 0.3) is 0 Å². The molecule has 0 saturated carbocycles. The van der Waals surface area contributed by atoms with Gasteiger partial charge >= 0.3 is 6.36 Å². The lowest BCUT2D eigenvalue weighted by Gasteiger charge is -2.16. The standard InChI is InChI=1S/C20H18F3N5O/c1-2-13-5-3-4-6-17(13)25-11-16-18(24)26-12-27-19(16)28-14-7-9-15(10-8-14)29-20(21,22)23/h3-12,25H,2H2,1H3,(H2,24,26,27,28)/b16-11+. The molecule has 150 valence electrons. The highest BCUT2D eigenvalue weighted by atomic mass is 19.4. The topological polar surface area (TPSA) is 81.9 Å². The number of aliphatic imine (C=N–C) groups is 2. The molecule has 1 aliphatic heterocycles. The highest BCUT2D eigenvalue weighted by Gasteiger charge is 2.31. The number of hydrogen-bond acceptors (Lipinski definition) is 5. The zero-order chi connectivity index (χ0) is 20.9. The summed E-state index contributed by atoms with van der Waals surface area (Å²) in [4.78, 5) is 8.04. The Morgan fingerprint density at radius 2 is 1.83 bits per heavy atom. The van der Waals surface area contributed by atoms with Gasteiger partial charge in [-0.2, -0.15) is 0 Å². The predicted octanol–water partition coefficient (Wildman–Crippen LogP) is 4.97. The number of anilines is 2. The Balaban J connectivity index is 1.77. The molecule has 3 rings (SSSR count). The van der Waals surface area contributed by atoms with Gasteiger partial charge in [-0.05, 0) is 42.3 Å². The van der Waals surface area contributed by atoms with Crippen LogP contribution in [-0.2, 0) is 6.42 Å². The maximum absolute atomic E-state index is 12.3. The van der Waals surface area contributed by atoms with E-state index in [-0.39, 0.29) is 11.6 Å². The number of amidine groups is 2. The summed E-state index contributed by atoms with van der Waals surface area (Å²) in [7, 11) is 0. The van der Waals surface area contributed by atoms with Crippen LogP contribution in [0.25, 0.3) is 0 Å². The number of hydrogen-bond donors (Lipinski definition) is 3. The number of nitrogens with one attached hydrogen (secondary N) is 3. The number of rotatable bonds is 5. The van der Waals surface area contributed by atoms with Gasteiger partial charge in [-0.15, -0.1) is 13.2 Å². The summed E-state index contributed by atoms with van der Waals surface area (Å²) in [5, 5.41) is 14.2. The average Bonchev–Trinajstić information content (AvgIpc) is 2.68. The van der Waals surface area contributed by atoms with E-state index < -0.39 is 6.36 Å². The second kappa shape index (κ2) is 8.59. The van der Waals surface area contributed by atoms with Gasteiger partial charge in [-0.25, -0.2) is 9.98 Å². The first kappa shape index (κ1) is 20.1. The Hall–Kier alpha value is -3.62. The van der Waals surface area contributed by atoms with Crippen LogP contribution in [0, 0.1) is 5.41 Å². The van der Waals surface area contributed by atoms with Crippen molar-refractivity contribution in [3.63, 3.8) is 0 Å². The molecule has 0 aliphatic carbocycles. The maximum Gasteiger partial charge on any atom is 0.573 e. The molecule has 0 spiro atoms. The van der Waals surface area contributed by atoms with Crippen LogP contribution >= 0.6 is 0 Å². The summed E-state index contributed by atoms with van der Waals surface area (Å²) >= 11 is 0. The van der Waals surface area contributed by atoms with Crippen LogP contribution in [0.3, 0.4) is 0 Å². The Morgan fingerprint density at radius 1 is 1.10 bits per heavy atom. The van der Waals surface area contributed by atoms with E-state index in [1.54, 1.807) is 6.20 Å². The van der Waals surface area contributed by atoms with Crippen LogP contribution in [0.5, 0.6) is 5.75 Å². The highest BCUT2D eigenvalue weighted by Crippen LogP contribution is 2.24. The zero-order valence-corrected chi connectivity index (χ0v) is 15.4. The number of benzene rings is 2. The van der Waals surface area contributed by atoms with Crippen molar-refractivity contribution in [3.8, 4) is 5.75 Å². The fourth-order valence-corrected chi connectivity index (χ4v) is 2.63. The van der Waals surface area contributed by atoms with Crippen molar-refractivity contribution in [2.45, 2.75) is 19.7 Å². The number of alkyl halides is 3. The summed E-state index contributed by atoms with van der Waals surface area (Å²) in [5.41, 5.74) is 2.91. The summed E-state index contributed by atoms with van der Waals surface area (Å²) in [6.45, 7) is 2.04. The summed E-state index contributed by atoms with van der Waals surface area (Å²) in [5.74, 6) is 0.0218. The lowest BCUT2D eigenvalue weighted by Crippen LogP contribution is -2.23. The number of nitrogens with zero attached hydrogens (tertiary/aromatic N) is 2. The van der Waals surface area contributed by atoms with E-state index in [4.69, 9.17) is 5.41 Å². The Kier molecular flexibility index (Phi) is 5.96. The van der Waals surface area contributed by atoms with E-state index >= 15 is 0 Å². The minimum Gasteiger partial charge on any atom is -0.406 e. The third kappa shape index (κ3) is 5.44. The second-order valence-electron chi connectivity index (χ2n) is 5.98. The van der Waals surface area contributed by atoms with E-state index in [0.717, 1.165) is 17.7 Å². The number of halogens is 3. The smallest absolute Gasteiger partial charge is 0.406 e. The van der Waals surface area contributed by atoms with Crippen LogP contribution in [0.1, 0.15) is 12.5 Å². The molecule has 2 aromatic carbocycles. The molecular weight excluding hydrogens is 383 g/mol. The van der Waals surface area contributed by atoms with Crippen molar-refractivity contribution in [2.75, 3.05) is 10.6 Å². The van der Waals surface area contributed by atoms with Gasteiger partial charge < -0.3 is 15.4 Å². The largest absolute Gasteiger partial charge is 0.573 e. The van der Waals surface area contributed by atoms with Gasteiger partial charge in [-0.3, -0.25) is 5.41 Å². The molecular formula is C20H18F3N5O. The van der Waals surface area contributed by atoms with Gasteiger partial charge in [0.2, 0.25) is 0 Å². The second-order valence-corrected chi connectivity index (χ2v) is 5.98. The van der Waals surface area contributed by atoms with Gasteiger partial charge in [0.1, 0.15) is 17.9 Å². The van der Waals surface area contributed by atoms with Gasteiger partial charge in [0.05, 0.1) is 5.57 Å². The molecule has 0 saturated heterocycles. The van der Waals surface area contributed by atoms with E-state index in [0.29, 0.717) is 17.1 Å². The summed E-state index contributed by atoms with van der Waals surface area (Å²) in [6.07, 6.45) is -1.04. The Bertz CT molecular complexity index is 978. The summed E-state index contributed by atoms with van der Waals surface area (Å²) < 4.78 is 40.7. The molecule has 0 fully saturated rings. The van der Waals surface area contributed by atoms with E-state index in [9.17, 15) is 13.2 Å². The number of aryl methyl sites for hydroxylation is 1. The molecule has 29 heavy (non-hydrogen) atoms. The first-order valence-electron chi connectivity index (χ1n) is 8.73. The molecule has 0 bridgehead atoms. The fourth-order valence-electron chi connectivity index (χ4n) is 2.63. The molecule has 9 heteroatoms. The van der Waals surface area contributed by atoms with Gasteiger partial charge in [0.15, 0.2) is 5.84 Å². The first-order chi connectivity index (χ1) is 13.9. The maximum atomic E-state index is 12.3. The molecule has 1 heterocycles. The molecule has 2 aromatic rings. The SMILES string of the molecule is CCc1ccccc1N/C=C1\C(=N)N=CN=C1Nc1ccc(OC(F)(F)F)cc1. The minimum atomic E-state index is -4.75. The van der Waals surface area contributed by atoms with Crippen molar-refractivity contribution < 1.29 is 17.9 Å². The monoisotopic (exact) mass is 401 g/mol. The molecule has 0 aromatic heterocycles. The van der Waals surface area contributed by atoms with Crippen LogP contribution in [0.15, 0.2) is 70.3 Å².